The van der Waals surface area contributed by atoms with Gasteiger partial charge in [-0.05, 0) is 70.0 Å². The first-order valence-corrected chi connectivity index (χ1v) is 10.5. The second-order valence-electron chi connectivity index (χ2n) is 8.09. The lowest BCUT2D eigenvalue weighted by Crippen LogP contribution is -2.46. The molecule has 1 aromatic carbocycles. The average molecular weight is 484 g/mol. The number of guanidine groups is 1. The number of aliphatic imine (C=N–C) groups is 1. The number of halogens is 1. The Morgan fingerprint density at radius 1 is 1.07 bits per heavy atom. The fourth-order valence-electron chi connectivity index (χ4n) is 4.36. The molecule has 0 aliphatic carbocycles. The van der Waals surface area contributed by atoms with Crippen LogP contribution in [0.2, 0.25) is 0 Å². The number of hydrogen-bond acceptors (Lipinski definition) is 2. The number of piperidine rings is 2. The number of nitrogens with one attached hydrogen (secondary N) is 1. The molecular weight excluding hydrogens is 447 g/mol. The van der Waals surface area contributed by atoms with Gasteiger partial charge >= 0.3 is 0 Å². The minimum atomic E-state index is 0. The number of benzene rings is 1. The van der Waals surface area contributed by atoms with Gasteiger partial charge in [-0.25, -0.2) is 0 Å². The van der Waals surface area contributed by atoms with E-state index in [-0.39, 0.29) is 24.0 Å². The van der Waals surface area contributed by atoms with Crippen LogP contribution in [0.3, 0.4) is 0 Å². The third-order valence-electron chi connectivity index (χ3n) is 5.84. The molecule has 27 heavy (non-hydrogen) atoms. The van der Waals surface area contributed by atoms with Crippen LogP contribution in [0.4, 0.5) is 0 Å². The molecular formula is C22H37IN4. The maximum absolute atomic E-state index is 5.01. The molecule has 0 aromatic heterocycles. The Kier molecular flexibility index (Phi) is 9.90. The van der Waals surface area contributed by atoms with Gasteiger partial charge in [0.15, 0.2) is 5.96 Å². The molecule has 2 aliphatic rings. The third kappa shape index (κ3) is 7.26. The normalized spacial score (nSPS) is 22.4. The molecule has 1 aromatic rings. The zero-order valence-corrected chi connectivity index (χ0v) is 19.4. The van der Waals surface area contributed by atoms with Crippen LogP contribution in [0.1, 0.15) is 38.2 Å². The Morgan fingerprint density at radius 3 is 2.48 bits per heavy atom. The van der Waals surface area contributed by atoms with Crippen LogP contribution in [0.5, 0.6) is 0 Å². The van der Waals surface area contributed by atoms with E-state index in [0.29, 0.717) is 0 Å². The summed E-state index contributed by atoms with van der Waals surface area (Å²) < 4.78 is 0. The molecule has 1 atom stereocenters. The summed E-state index contributed by atoms with van der Waals surface area (Å²) in [6.45, 7) is 8.80. The lowest BCUT2D eigenvalue weighted by Gasteiger charge is -2.35. The topological polar surface area (TPSA) is 30.9 Å². The van der Waals surface area contributed by atoms with Gasteiger partial charge in [-0.3, -0.25) is 4.99 Å². The molecule has 3 rings (SSSR count). The molecule has 2 heterocycles. The Bertz CT molecular complexity index is 555. The van der Waals surface area contributed by atoms with E-state index in [0.717, 1.165) is 44.0 Å². The summed E-state index contributed by atoms with van der Waals surface area (Å²) in [6.07, 6.45) is 6.40. The maximum Gasteiger partial charge on any atom is 0.193 e. The Labute approximate surface area is 182 Å². The molecule has 0 bridgehead atoms. The van der Waals surface area contributed by atoms with Gasteiger partial charge in [0.1, 0.15) is 0 Å². The predicted octanol–water partition coefficient (Wildman–Crippen LogP) is 3.87. The smallest absolute Gasteiger partial charge is 0.193 e. The zero-order valence-electron chi connectivity index (χ0n) is 17.1. The molecule has 1 N–H and O–H groups in total. The van der Waals surface area contributed by atoms with Gasteiger partial charge in [-0.1, -0.05) is 30.3 Å². The lowest BCUT2D eigenvalue weighted by atomic mass is 9.90. The number of likely N-dealkylation sites (tertiary alicyclic amines) is 2. The number of nitrogens with zero attached hydrogens (tertiary/aromatic N) is 3. The van der Waals surface area contributed by atoms with E-state index < -0.39 is 0 Å². The van der Waals surface area contributed by atoms with Gasteiger partial charge in [0.25, 0.3) is 0 Å². The highest BCUT2D eigenvalue weighted by molar-refractivity contribution is 14.0. The molecule has 0 radical (unpaired) electrons. The molecule has 2 fully saturated rings. The third-order valence-corrected chi connectivity index (χ3v) is 5.84. The molecule has 152 valence electrons. The molecule has 4 nitrogen and oxygen atoms in total. The quantitative estimate of drug-likeness (QED) is 0.391. The van der Waals surface area contributed by atoms with Crippen molar-refractivity contribution in [1.29, 1.82) is 0 Å². The Balaban J connectivity index is 0.00000261. The van der Waals surface area contributed by atoms with Crippen molar-refractivity contribution in [3.63, 3.8) is 0 Å². The molecule has 1 unspecified atom stereocenters. The van der Waals surface area contributed by atoms with Crippen molar-refractivity contribution >= 4 is 29.9 Å². The van der Waals surface area contributed by atoms with Crippen LogP contribution in [-0.4, -0.2) is 62.1 Å². The van der Waals surface area contributed by atoms with Crippen LogP contribution in [0, 0.1) is 11.8 Å². The van der Waals surface area contributed by atoms with E-state index >= 15 is 0 Å². The molecule has 2 aliphatic heterocycles. The highest BCUT2D eigenvalue weighted by Gasteiger charge is 2.22. The SMILES string of the molecule is CCNC(=NCC1CCCN(C)C1)N1CCC(Cc2ccccc2)CC1.I. The summed E-state index contributed by atoms with van der Waals surface area (Å²) in [5, 5.41) is 3.53. The van der Waals surface area contributed by atoms with Crippen molar-refractivity contribution in [3.05, 3.63) is 35.9 Å². The Hall–Kier alpha value is -0.820. The monoisotopic (exact) mass is 484 g/mol. The standard InChI is InChI=1S/C22H36N4.HI/c1-3-23-22(24-17-21-10-7-13-25(2)18-21)26-14-11-20(12-15-26)16-19-8-5-4-6-9-19;/h4-6,8-9,20-21H,3,7,10-18H2,1-2H3,(H,23,24);1H. The molecule has 2 saturated heterocycles. The minimum Gasteiger partial charge on any atom is -0.357 e. The number of rotatable bonds is 5. The van der Waals surface area contributed by atoms with Crippen molar-refractivity contribution in [3.8, 4) is 0 Å². The first-order valence-electron chi connectivity index (χ1n) is 10.5. The first-order chi connectivity index (χ1) is 12.7. The van der Waals surface area contributed by atoms with Crippen molar-refractivity contribution in [1.82, 2.24) is 15.1 Å². The molecule has 0 amide bonds. The second kappa shape index (κ2) is 11.9. The van der Waals surface area contributed by atoms with Gasteiger partial charge < -0.3 is 15.1 Å². The van der Waals surface area contributed by atoms with Crippen LogP contribution in [-0.2, 0) is 6.42 Å². The van der Waals surface area contributed by atoms with Gasteiger partial charge in [0, 0.05) is 32.7 Å². The minimum absolute atomic E-state index is 0. The molecule has 0 saturated carbocycles. The van der Waals surface area contributed by atoms with E-state index in [1.165, 1.54) is 50.8 Å². The van der Waals surface area contributed by atoms with E-state index in [9.17, 15) is 0 Å². The highest BCUT2D eigenvalue weighted by atomic mass is 127. The van der Waals surface area contributed by atoms with Crippen molar-refractivity contribution in [2.45, 2.75) is 39.0 Å². The fraction of sp³-hybridized carbons (Fsp3) is 0.682. The van der Waals surface area contributed by atoms with Gasteiger partial charge in [-0.2, -0.15) is 0 Å². The first kappa shape index (κ1) is 22.5. The summed E-state index contributed by atoms with van der Waals surface area (Å²) >= 11 is 0. The van der Waals surface area contributed by atoms with Crippen LogP contribution in [0.15, 0.2) is 35.3 Å². The van der Waals surface area contributed by atoms with Crippen LogP contribution in [0.25, 0.3) is 0 Å². The van der Waals surface area contributed by atoms with E-state index in [1.54, 1.807) is 0 Å². The van der Waals surface area contributed by atoms with Gasteiger partial charge in [-0.15, -0.1) is 24.0 Å². The van der Waals surface area contributed by atoms with Crippen LogP contribution >= 0.6 is 24.0 Å². The van der Waals surface area contributed by atoms with Gasteiger partial charge in [0.2, 0.25) is 0 Å². The summed E-state index contributed by atoms with van der Waals surface area (Å²) in [6, 6.07) is 10.9. The molecule has 5 heteroatoms. The van der Waals surface area contributed by atoms with Crippen molar-refractivity contribution < 1.29 is 0 Å². The Morgan fingerprint density at radius 2 is 1.81 bits per heavy atom. The summed E-state index contributed by atoms with van der Waals surface area (Å²) in [4.78, 5) is 9.94. The van der Waals surface area contributed by atoms with Crippen molar-refractivity contribution in [2.75, 3.05) is 46.3 Å². The summed E-state index contributed by atoms with van der Waals surface area (Å²) in [5.74, 6) is 2.67. The van der Waals surface area contributed by atoms with E-state index in [1.807, 2.05) is 0 Å². The maximum atomic E-state index is 5.01. The second-order valence-corrected chi connectivity index (χ2v) is 8.09. The molecule has 0 spiro atoms. The van der Waals surface area contributed by atoms with Gasteiger partial charge in [0.05, 0.1) is 0 Å². The highest BCUT2D eigenvalue weighted by Crippen LogP contribution is 2.22. The zero-order chi connectivity index (χ0) is 18.2. The van der Waals surface area contributed by atoms with Crippen LogP contribution < -0.4 is 5.32 Å². The van der Waals surface area contributed by atoms with E-state index in [2.05, 4.69) is 59.4 Å². The van der Waals surface area contributed by atoms with E-state index in [4.69, 9.17) is 4.99 Å². The largest absolute Gasteiger partial charge is 0.357 e. The fourth-order valence-corrected chi connectivity index (χ4v) is 4.36. The predicted molar refractivity (Wildman–Crippen MR) is 126 cm³/mol. The summed E-state index contributed by atoms with van der Waals surface area (Å²) in [7, 11) is 2.23. The number of hydrogen-bond donors (Lipinski definition) is 1. The summed E-state index contributed by atoms with van der Waals surface area (Å²) in [5.41, 5.74) is 1.48. The lowest BCUT2D eigenvalue weighted by molar-refractivity contribution is 0.213. The average Bonchev–Trinajstić information content (AvgIpc) is 2.67. The van der Waals surface area contributed by atoms with Crippen molar-refractivity contribution in [2.24, 2.45) is 16.8 Å².